The summed E-state index contributed by atoms with van der Waals surface area (Å²) in [5, 5.41) is 9.74. The molecule has 0 amide bonds. The molecule has 0 spiro atoms. The molecule has 1 rings (SSSR count). The molecule has 102 valence electrons. The number of likely N-dealkylation sites (N-methyl/N-ethyl adjacent to an activating group) is 1. The molecule has 0 aliphatic carbocycles. The first-order valence-electron chi connectivity index (χ1n) is 6.02. The predicted molar refractivity (Wildman–Crippen MR) is 72.9 cm³/mol. The third kappa shape index (κ3) is 4.85. The van der Waals surface area contributed by atoms with E-state index in [2.05, 4.69) is 0 Å². The number of hydrogen-bond donors (Lipinski definition) is 1. The molecule has 0 fully saturated rings. The van der Waals surface area contributed by atoms with Crippen LogP contribution in [0.2, 0.25) is 0 Å². The summed E-state index contributed by atoms with van der Waals surface area (Å²) >= 11 is 0. The summed E-state index contributed by atoms with van der Waals surface area (Å²) in [4.78, 5) is 25.1. The van der Waals surface area contributed by atoms with E-state index in [9.17, 15) is 14.6 Å². The van der Waals surface area contributed by atoms with Gasteiger partial charge < -0.3 is 14.6 Å². The van der Waals surface area contributed by atoms with Gasteiger partial charge in [-0.2, -0.15) is 0 Å². The van der Waals surface area contributed by atoms with E-state index >= 15 is 0 Å². The minimum atomic E-state index is -1.34. The van der Waals surface area contributed by atoms with Gasteiger partial charge in [0.25, 0.3) is 0 Å². The quantitative estimate of drug-likeness (QED) is 0.563. The first-order chi connectivity index (χ1) is 8.91. The summed E-state index contributed by atoms with van der Waals surface area (Å²) in [5.41, 5.74) is 0.475. The van der Waals surface area contributed by atoms with Gasteiger partial charge in [-0.1, -0.05) is 30.3 Å². The van der Waals surface area contributed by atoms with Crippen molar-refractivity contribution in [2.24, 2.45) is 5.92 Å². The van der Waals surface area contributed by atoms with E-state index in [0.717, 1.165) is 0 Å². The van der Waals surface area contributed by atoms with E-state index in [1.54, 1.807) is 49.3 Å². The Labute approximate surface area is 113 Å². The maximum absolute atomic E-state index is 11.7. The van der Waals surface area contributed by atoms with Crippen molar-refractivity contribution in [3.05, 3.63) is 30.3 Å². The molecule has 0 saturated heterocycles. The molecule has 1 N–H and O–H groups in total. The molecule has 1 aromatic rings. The second kappa shape index (κ2) is 7.06. The first-order valence-corrected chi connectivity index (χ1v) is 6.02. The highest BCUT2D eigenvalue weighted by Crippen LogP contribution is 2.02. The van der Waals surface area contributed by atoms with Crippen LogP contribution in [-0.2, 0) is 14.2 Å². The topological polar surface area (TPSA) is 66.8 Å². The Bertz CT molecular complexity index is 436. The van der Waals surface area contributed by atoms with Gasteiger partial charge in [-0.05, 0) is 26.5 Å². The smallest absolute Gasteiger partial charge is 0.505 e. The fourth-order valence-electron chi connectivity index (χ4n) is 1.48. The van der Waals surface area contributed by atoms with Gasteiger partial charge in [-0.25, -0.2) is 0 Å². The molecule has 1 unspecified atom stereocenters. The third-order valence-electron chi connectivity index (χ3n) is 2.62. The molecule has 0 aromatic heterocycles. The largest absolute Gasteiger partial charge is 0.561 e. The van der Waals surface area contributed by atoms with Gasteiger partial charge in [0.15, 0.2) is 5.78 Å². The highest BCUT2D eigenvalue weighted by molar-refractivity contribution is 6.61. The average molecular weight is 263 g/mol. The Balaban J connectivity index is 2.57. The van der Waals surface area contributed by atoms with Crippen molar-refractivity contribution >= 4 is 24.3 Å². The zero-order valence-electron chi connectivity index (χ0n) is 11.4. The summed E-state index contributed by atoms with van der Waals surface area (Å²) < 4.78 is 4.88. The van der Waals surface area contributed by atoms with Gasteiger partial charge in [-0.3, -0.25) is 9.59 Å². The van der Waals surface area contributed by atoms with Crippen LogP contribution in [-0.4, -0.2) is 49.4 Å². The van der Waals surface area contributed by atoms with Crippen LogP contribution in [0.5, 0.6) is 0 Å². The molecule has 1 aromatic carbocycles. The highest BCUT2D eigenvalue weighted by atomic mass is 16.6. The molecule has 5 nitrogen and oxygen atoms in total. The molecule has 1 atom stereocenters. The summed E-state index contributed by atoms with van der Waals surface area (Å²) in [6.45, 7) is 1.64. The number of ketones is 1. The molecular formula is C13H18BNO4. The lowest BCUT2D eigenvalue weighted by Gasteiger charge is -2.15. The Hall–Kier alpha value is -1.66. The summed E-state index contributed by atoms with van der Waals surface area (Å²) in [5.74, 6) is -1.85. The third-order valence-corrected chi connectivity index (χ3v) is 2.62. The van der Waals surface area contributed by atoms with Gasteiger partial charge >= 0.3 is 13.1 Å². The molecule has 0 heterocycles. The molecule has 0 saturated carbocycles. The van der Waals surface area contributed by atoms with E-state index < -0.39 is 19.0 Å². The van der Waals surface area contributed by atoms with E-state index in [1.807, 2.05) is 0 Å². The highest BCUT2D eigenvalue weighted by Gasteiger charge is 2.28. The van der Waals surface area contributed by atoms with Crippen molar-refractivity contribution in [3.63, 3.8) is 0 Å². The second-order valence-electron chi connectivity index (χ2n) is 4.63. The van der Waals surface area contributed by atoms with Crippen molar-refractivity contribution in [2.75, 3.05) is 20.6 Å². The number of carbonyl (C=O) groups excluding carboxylic acids is 2. The first kappa shape index (κ1) is 15.4. The minimum absolute atomic E-state index is 0.164. The average Bonchev–Trinajstić information content (AvgIpc) is 2.37. The number of hydrogen-bond acceptors (Lipinski definition) is 5. The van der Waals surface area contributed by atoms with E-state index in [0.29, 0.717) is 5.46 Å². The molecule has 0 aliphatic heterocycles. The second-order valence-corrected chi connectivity index (χ2v) is 4.63. The summed E-state index contributed by atoms with van der Waals surface area (Å²) in [6, 6.07) is 8.54. The van der Waals surface area contributed by atoms with Crippen LogP contribution in [0.4, 0.5) is 0 Å². The minimum Gasteiger partial charge on any atom is -0.505 e. The number of rotatable bonds is 6. The molecule has 6 heteroatoms. The van der Waals surface area contributed by atoms with E-state index in [4.69, 9.17) is 4.65 Å². The maximum Gasteiger partial charge on any atom is 0.561 e. The SMILES string of the molecule is CC(C(=O)CN(C)C)C(=O)OB(O)c1ccccc1. The number of Topliss-reactive ketones (excluding diaryl/α,β-unsaturated/α-hetero) is 1. The maximum atomic E-state index is 11.7. The lowest BCUT2D eigenvalue weighted by Crippen LogP contribution is -2.40. The molecule has 19 heavy (non-hydrogen) atoms. The van der Waals surface area contributed by atoms with Crippen LogP contribution < -0.4 is 5.46 Å². The zero-order valence-corrected chi connectivity index (χ0v) is 11.4. The predicted octanol–water partition coefficient (Wildman–Crippen LogP) is -0.316. The van der Waals surface area contributed by atoms with Crippen molar-refractivity contribution in [2.45, 2.75) is 6.92 Å². The standard InChI is InChI=1S/C13H18BNO4/c1-10(12(16)9-15(2)3)13(17)19-14(18)11-7-5-4-6-8-11/h4-8,10,18H,9H2,1-3H3. The Morgan fingerprint density at radius 2 is 1.89 bits per heavy atom. The summed E-state index contributed by atoms with van der Waals surface area (Å²) in [7, 11) is 2.15. The van der Waals surface area contributed by atoms with Gasteiger partial charge in [0, 0.05) is 0 Å². The van der Waals surface area contributed by atoms with Gasteiger partial charge in [0.05, 0.1) is 6.54 Å². The van der Waals surface area contributed by atoms with Crippen LogP contribution in [0, 0.1) is 5.92 Å². The van der Waals surface area contributed by atoms with Crippen LogP contribution >= 0.6 is 0 Å². The van der Waals surface area contributed by atoms with Crippen LogP contribution in [0.3, 0.4) is 0 Å². The van der Waals surface area contributed by atoms with Crippen LogP contribution in [0.25, 0.3) is 0 Å². The van der Waals surface area contributed by atoms with Gasteiger partial charge in [0.2, 0.25) is 0 Å². The number of nitrogens with zero attached hydrogens (tertiary/aromatic N) is 1. The van der Waals surface area contributed by atoms with Crippen molar-refractivity contribution in [1.29, 1.82) is 0 Å². The molecule has 0 radical (unpaired) electrons. The van der Waals surface area contributed by atoms with Gasteiger partial charge in [0.1, 0.15) is 5.92 Å². The van der Waals surface area contributed by atoms with Crippen LogP contribution in [0.1, 0.15) is 6.92 Å². The van der Waals surface area contributed by atoms with E-state index in [-0.39, 0.29) is 12.3 Å². The monoisotopic (exact) mass is 263 g/mol. The van der Waals surface area contributed by atoms with Crippen molar-refractivity contribution < 1.29 is 19.3 Å². The number of benzene rings is 1. The Kier molecular flexibility index (Phi) is 5.72. The van der Waals surface area contributed by atoms with Crippen LogP contribution in [0.15, 0.2) is 30.3 Å². The fourth-order valence-corrected chi connectivity index (χ4v) is 1.48. The lowest BCUT2D eigenvalue weighted by molar-refractivity contribution is -0.144. The zero-order chi connectivity index (χ0) is 14.4. The van der Waals surface area contributed by atoms with Crippen molar-refractivity contribution in [3.8, 4) is 0 Å². The lowest BCUT2D eigenvalue weighted by atomic mass is 9.79. The molecule has 0 bridgehead atoms. The Morgan fingerprint density at radius 3 is 2.42 bits per heavy atom. The Morgan fingerprint density at radius 1 is 1.32 bits per heavy atom. The molecule has 0 aliphatic rings. The number of carbonyl (C=O) groups is 2. The molecular weight excluding hydrogens is 245 g/mol. The van der Waals surface area contributed by atoms with Crippen molar-refractivity contribution in [1.82, 2.24) is 4.90 Å². The summed E-state index contributed by atoms with van der Waals surface area (Å²) in [6.07, 6.45) is 0. The van der Waals surface area contributed by atoms with E-state index in [1.165, 1.54) is 6.92 Å². The van der Waals surface area contributed by atoms with Gasteiger partial charge in [-0.15, -0.1) is 0 Å². The normalized spacial score (nSPS) is 12.1. The fraction of sp³-hybridized carbons (Fsp3) is 0.385.